The minimum absolute atomic E-state index is 0.991. The second-order valence-electron chi connectivity index (χ2n) is 2.27. The van der Waals surface area contributed by atoms with Crippen LogP contribution >= 0.6 is 0 Å². The van der Waals surface area contributed by atoms with Gasteiger partial charge >= 0.3 is 0 Å². The molecule has 1 nitrogen and oxygen atoms in total. The van der Waals surface area contributed by atoms with E-state index in [2.05, 4.69) is 10.7 Å². The number of allylic oxidation sites excluding steroid dienone is 1. The van der Waals surface area contributed by atoms with Crippen molar-refractivity contribution < 1.29 is 0 Å². The van der Waals surface area contributed by atoms with Crippen LogP contribution in [0.3, 0.4) is 0 Å². The van der Waals surface area contributed by atoms with Gasteiger partial charge in [0.15, 0.2) is 0 Å². The lowest BCUT2D eigenvalue weighted by Gasteiger charge is -1.93. The Hall–Kier alpha value is -1.33. The molecule has 1 aromatic rings. The van der Waals surface area contributed by atoms with Gasteiger partial charge in [0.05, 0.1) is 5.69 Å². The fourth-order valence-corrected chi connectivity index (χ4v) is 0.875. The molecule has 0 saturated carbocycles. The van der Waals surface area contributed by atoms with Gasteiger partial charge in [-0.05, 0) is 32.1 Å². The van der Waals surface area contributed by atoms with Crippen LogP contribution in [0.2, 0.25) is 0 Å². The lowest BCUT2D eigenvalue weighted by Crippen LogP contribution is -1.81. The van der Waals surface area contributed by atoms with Crippen LogP contribution in [0.4, 0.5) is 0 Å². The molecule has 11 heavy (non-hydrogen) atoms. The van der Waals surface area contributed by atoms with E-state index in [1.807, 2.05) is 38.1 Å². The predicted octanol–water partition coefficient (Wildman–Crippen LogP) is 2.66. The van der Waals surface area contributed by atoms with Crippen molar-refractivity contribution in [1.29, 1.82) is 0 Å². The van der Waals surface area contributed by atoms with Crippen molar-refractivity contribution in [3.05, 3.63) is 41.9 Å². The van der Waals surface area contributed by atoms with Gasteiger partial charge in [0.2, 0.25) is 0 Å². The van der Waals surface area contributed by atoms with E-state index < -0.39 is 0 Å². The van der Waals surface area contributed by atoms with Gasteiger partial charge in [-0.25, -0.2) is 0 Å². The Morgan fingerprint density at radius 1 is 1.55 bits per heavy atom. The Morgan fingerprint density at radius 2 is 2.36 bits per heavy atom. The maximum absolute atomic E-state index is 4.18. The van der Waals surface area contributed by atoms with Crippen LogP contribution in [0.1, 0.15) is 19.5 Å². The van der Waals surface area contributed by atoms with Gasteiger partial charge in [0.25, 0.3) is 0 Å². The summed E-state index contributed by atoms with van der Waals surface area (Å²) in [6, 6.07) is 5.86. The number of hydrogen-bond acceptors (Lipinski definition) is 1. The first-order chi connectivity index (χ1) is 5.34. The summed E-state index contributed by atoms with van der Waals surface area (Å²) in [5, 5.41) is 0. The lowest BCUT2D eigenvalue weighted by molar-refractivity contribution is 1.27. The number of hydrogen-bond donors (Lipinski definition) is 0. The lowest BCUT2D eigenvalue weighted by atomic mass is 10.2. The molecule has 1 heterocycles. The Labute approximate surface area is 67.1 Å². The molecule has 0 aliphatic heterocycles. The van der Waals surface area contributed by atoms with Gasteiger partial charge in [-0.1, -0.05) is 6.07 Å². The quantitative estimate of drug-likeness (QED) is 0.553. The average molecular weight is 145 g/mol. The van der Waals surface area contributed by atoms with Crippen LogP contribution in [0.15, 0.2) is 36.2 Å². The topological polar surface area (TPSA) is 12.9 Å². The van der Waals surface area contributed by atoms with E-state index in [4.69, 9.17) is 0 Å². The molecule has 0 atom stereocenters. The summed E-state index contributed by atoms with van der Waals surface area (Å²) in [7, 11) is 0. The van der Waals surface area contributed by atoms with Gasteiger partial charge in [-0.15, -0.1) is 5.73 Å². The molecule has 0 radical (unpaired) electrons. The normalized spacial score (nSPS) is 8.55. The molecule has 0 aliphatic carbocycles. The second kappa shape index (κ2) is 3.75. The van der Waals surface area contributed by atoms with Crippen molar-refractivity contribution in [2.45, 2.75) is 13.8 Å². The number of rotatable bonds is 1. The zero-order valence-corrected chi connectivity index (χ0v) is 6.83. The van der Waals surface area contributed by atoms with E-state index in [0.29, 0.717) is 0 Å². The van der Waals surface area contributed by atoms with E-state index in [0.717, 1.165) is 11.3 Å². The van der Waals surface area contributed by atoms with E-state index in [9.17, 15) is 0 Å². The first-order valence-corrected chi connectivity index (χ1v) is 3.64. The van der Waals surface area contributed by atoms with Crippen molar-refractivity contribution in [3.8, 4) is 0 Å². The first kappa shape index (κ1) is 7.77. The van der Waals surface area contributed by atoms with Crippen LogP contribution < -0.4 is 0 Å². The standard InChI is InChI=1S/C10H11N/c1-3-6-9(2)10-7-4-5-8-11-10/h3-5,7-8H,1-2H3. The van der Waals surface area contributed by atoms with E-state index in [1.54, 1.807) is 6.20 Å². The summed E-state index contributed by atoms with van der Waals surface area (Å²) in [6.45, 7) is 3.95. The largest absolute Gasteiger partial charge is 0.256 e. The second-order valence-corrected chi connectivity index (χ2v) is 2.27. The molecule has 0 fully saturated rings. The molecule has 0 aliphatic rings. The van der Waals surface area contributed by atoms with Crippen molar-refractivity contribution >= 4 is 5.57 Å². The highest BCUT2D eigenvalue weighted by Gasteiger charge is 1.91. The molecule has 1 heteroatoms. The molecule has 1 aromatic heterocycles. The van der Waals surface area contributed by atoms with Crippen LogP contribution in [0.25, 0.3) is 5.57 Å². The minimum atomic E-state index is 0.991. The summed E-state index contributed by atoms with van der Waals surface area (Å²) >= 11 is 0. The molecular formula is C10H11N. The average Bonchev–Trinajstić information content (AvgIpc) is 2.07. The summed E-state index contributed by atoms with van der Waals surface area (Å²) in [5.74, 6) is 0. The van der Waals surface area contributed by atoms with Gasteiger partial charge in [0.1, 0.15) is 0 Å². The summed E-state index contributed by atoms with van der Waals surface area (Å²) in [4.78, 5) is 4.18. The van der Waals surface area contributed by atoms with E-state index in [-0.39, 0.29) is 0 Å². The maximum Gasteiger partial charge on any atom is 0.0735 e. The summed E-state index contributed by atoms with van der Waals surface area (Å²) in [6.07, 6.45) is 3.68. The fourth-order valence-electron chi connectivity index (χ4n) is 0.875. The molecule has 0 N–H and O–H groups in total. The van der Waals surface area contributed by atoms with Gasteiger partial charge in [-0.2, -0.15) is 0 Å². The van der Waals surface area contributed by atoms with Crippen LogP contribution in [-0.2, 0) is 0 Å². The molecule has 0 aromatic carbocycles. The molecule has 0 unspecified atom stereocenters. The van der Waals surface area contributed by atoms with Crippen molar-refractivity contribution in [2.24, 2.45) is 0 Å². The molecule has 1 rings (SSSR count). The van der Waals surface area contributed by atoms with Crippen molar-refractivity contribution in [2.75, 3.05) is 0 Å². The number of pyridine rings is 1. The fraction of sp³-hybridized carbons (Fsp3) is 0.200. The third-order valence-electron chi connectivity index (χ3n) is 1.41. The molecular weight excluding hydrogens is 134 g/mol. The zero-order valence-electron chi connectivity index (χ0n) is 6.83. The van der Waals surface area contributed by atoms with Gasteiger partial charge in [-0.3, -0.25) is 4.98 Å². The highest BCUT2D eigenvalue weighted by Crippen LogP contribution is 2.06. The maximum atomic E-state index is 4.18. The number of aromatic nitrogens is 1. The molecule has 0 amide bonds. The SMILES string of the molecule is CC=C=C(C)c1ccccn1. The van der Waals surface area contributed by atoms with Crippen LogP contribution in [0, 0.1) is 0 Å². The Morgan fingerprint density at radius 3 is 2.91 bits per heavy atom. The highest BCUT2D eigenvalue weighted by molar-refractivity contribution is 5.59. The van der Waals surface area contributed by atoms with Gasteiger partial charge < -0.3 is 0 Å². The van der Waals surface area contributed by atoms with Crippen molar-refractivity contribution in [1.82, 2.24) is 4.98 Å². The third kappa shape index (κ3) is 2.06. The van der Waals surface area contributed by atoms with Crippen molar-refractivity contribution in [3.63, 3.8) is 0 Å². The van der Waals surface area contributed by atoms with Crippen LogP contribution in [-0.4, -0.2) is 4.98 Å². The summed E-state index contributed by atoms with van der Waals surface area (Å²) < 4.78 is 0. The third-order valence-corrected chi connectivity index (χ3v) is 1.41. The predicted molar refractivity (Wildman–Crippen MR) is 47.1 cm³/mol. The smallest absolute Gasteiger partial charge is 0.0735 e. The van der Waals surface area contributed by atoms with E-state index >= 15 is 0 Å². The number of nitrogens with zero attached hydrogens (tertiary/aromatic N) is 1. The molecule has 0 bridgehead atoms. The Kier molecular flexibility index (Phi) is 2.65. The van der Waals surface area contributed by atoms with E-state index in [1.165, 1.54) is 0 Å². The molecule has 0 saturated heterocycles. The van der Waals surface area contributed by atoms with Crippen LogP contribution in [0.5, 0.6) is 0 Å². The monoisotopic (exact) mass is 145 g/mol. The highest BCUT2D eigenvalue weighted by atomic mass is 14.7. The minimum Gasteiger partial charge on any atom is -0.256 e. The molecule has 0 spiro atoms. The first-order valence-electron chi connectivity index (χ1n) is 3.64. The van der Waals surface area contributed by atoms with Gasteiger partial charge in [0, 0.05) is 11.8 Å². The zero-order chi connectivity index (χ0) is 8.10. The molecule has 56 valence electrons. The Bertz CT molecular complexity index is 279. The Balaban J connectivity index is 3.04. The summed E-state index contributed by atoms with van der Waals surface area (Å²) in [5.41, 5.74) is 5.16.